The van der Waals surface area contributed by atoms with Crippen LogP contribution in [0.25, 0.3) is 11.6 Å². The van der Waals surface area contributed by atoms with Crippen molar-refractivity contribution in [3.8, 4) is 0 Å². The first kappa shape index (κ1) is 28.2. The molecule has 0 aliphatic rings. The van der Waals surface area contributed by atoms with Crippen molar-refractivity contribution < 1.29 is 14.4 Å². The van der Waals surface area contributed by atoms with Gasteiger partial charge in [-0.25, -0.2) is 0 Å². The molecule has 36 heavy (non-hydrogen) atoms. The molecule has 0 fully saturated rings. The van der Waals surface area contributed by atoms with Gasteiger partial charge in [-0.1, -0.05) is 67.1 Å². The fourth-order valence-electron chi connectivity index (χ4n) is 4.07. The number of benzene rings is 3. The maximum atomic E-state index is 11.0. The van der Waals surface area contributed by atoms with E-state index in [0.717, 1.165) is 29.5 Å². The van der Waals surface area contributed by atoms with Crippen LogP contribution < -0.4 is 5.32 Å². The molecule has 0 saturated carbocycles. The van der Waals surface area contributed by atoms with E-state index >= 15 is 0 Å². The fourth-order valence-corrected chi connectivity index (χ4v) is 4.83. The third-order valence-corrected chi connectivity index (χ3v) is 7.40. The van der Waals surface area contributed by atoms with Crippen molar-refractivity contribution in [1.82, 2.24) is 5.32 Å². The molecule has 3 rings (SSSR count). The van der Waals surface area contributed by atoms with Crippen molar-refractivity contribution in [1.29, 1.82) is 0 Å². The predicted octanol–water partition coefficient (Wildman–Crippen LogP) is 7.12. The molecule has 0 aromatic heterocycles. The fraction of sp³-hybridized carbons (Fsp3) is 0.300. The highest BCUT2D eigenvalue weighted by molar-refractivity contribution is 7.51. The van der Waals surface area contributed by atoms with Gasteiger partial charge in [-0.3, -0.25) is 4.57 Å². The molecule has 3 aromatic carbocycles. The molecular formula is C30H35ClNO3P. The Bertz CT molecular complexity index is 1310. The van der Waals surface area contributed by atoms with Gasteiger partial charge in [-0.05, 0) is 90.4 Å². The highest BCUT2D eigenvalue weighted by Gasteiger charge is 2.11. The average molecular weight is 524 g/mol. The number of halogens is 1. The Balaban J connectivity index is 1.83. The molecule has 0 atom stereocenters. The first-order chi connectivity index (χ1) is 17.1. The summed E-state index contributed by atoms with van der Waals surface area (Å²) in [6.07, 6.45) is 4.05. The smallest absolute Gasteiger partial charge is 0.324 e. The summed E-state index contributed by atoms with van der Waals surface area (Å²) in [6.45, 7) is 7.63. The Kier molecular flexibility index (Phi) is 10.3. The lowest BCUT2D eigenvalue weighted by Gasteiger charge is -2.11. The van der Waals surface area contributed by atoms with Crippen LogP contribution in [0.15, 0.2) is 66.4 Å². The first-order valence-electron chi connectivity index (χ1n) is 12.3. The second-order valence-corrected chi connectivity index (χ2v) is 11.4. The van der Waals surface area contributed by atoms with Gasteiger partial charge in [0.15, 0.2) is 0 Å². The second-order valence-electron chi connectivity index (χ2n) is 9.17. The average Bonchev–Trinajstić information content (AvgIpc) is 2.83. The lowest BCUT2D eigenvalue weighted by atomic mass is 9.96. The molecule has 0 aliphatic carbocycles. The summed E-state index contributed by atoms with van der Waals surface area (Å²) in [5.41, 5.74) is 13.0. The molecule has 0 unspecified atom stereocenters. The number of allylic oxidation sites excluding steroid dienone is 1. The molecule has 0 aliphatic heterocycles. The predicted molar refractivity (Wildman–Crippen MR) is 152 cm³/mol. The summed E-state index contributed by atoms with van der Waals surface area (Å²) >= 11 is 6.30. The van der Waals surface area contributed by atoms with Gasteiger partial charge in [-0.2, -0.15) is 0 Å². The maximum absolute atomic E-state index is 11.0. The molecule has 0 heterocycles. The van der Waals surface area contributed by atoms with E-state index in [2.05, 4.69) is 74.3 Å². The third-order valence-electron chi connectivity index (χ3n) is 6.27. The lowest BCUT2D eigenvalue weighted by molar-refractivity contribution is 0.371. The zero-order valence-corrected chi connectivity index (χ0v) is 22.9. The Morgan fingerprint density at radius 1 is 1.03 bits per heavy atom. The minimum atomic E-state index is -3.93. The van der Waals surface area contributed by atoms with E-state index in [-0.39, 0.29) is 6.16 Å². The Hall–Kier alpha value is -2.42. The van der Waals surface area contributed by atoms with Crippen LogP contribution in [0.3, 0.4) is 0 Å². The van der Waals surface area contributed by atoms with Crippen molar-refractivity contribution >= 4 is 30.8 Å². The van der Waals surface area contributed by atoms with Gasteiger partial charge in [0.2, 0.25) is 0 Å². The van der Waals surface area contributed by atoms with E-state index in [0.29, 0.717) is 24.5 Å². The van der Waals surface area contributed by atoms with E-state index in [4.69, 9.17) is 21.4 Å². The maximum Gasteiger partial charge on any atom is 0.325 e. The molecule has 3 N–H and O–H groups in total. The minimum absolute atomic E-state index is 0.0895. The summed E-state index contributed by atoms with van der Waals surface area (Å²) in [7, 11) is -3.93. The Morgan fingerprint density at radius 3 is 2.53 bits per heavy atom. The van der Waals surface area contributed by atoms with Gasteiger partial charge in [0.1, 0.15) is 0 Å². The molecule has 3 aromatic rings. The van der Waals surface area contributed by atoms with Crippen molar-refractivity contribution in [2.75, 3.05) is 12.7 Å². The van der Waals surface area contributed by atoms with E-state index in [1.807, 2.05) is 24.3 Å². The molecule has 0 spiro atoms. The van der Waals surface area contributed by atoms with Gasteiger partial charge < -0.3 is 15.1 Å². The van der Waals surface area contributed by atoms with Gasteiger partial charge in [0.05, 0.1) is 6.16 Å². The molecular weight excluding hydrogens is 489 g/mol. The number of hydrogen-bond donors (Lipinski definition) is 3. The van der Waals surface area contributed by atoms with Crippen molar-refractivity contribution in [3.05, 3.63) is 110 Å². The summed E-state index contributed by atoms with van der Waals surface area (Å²) < 4.78 is 11.0. The van der Waals surface area contributed by atoms with Crippen LogP contribution in [0.5, 0.6) is 0 Å². The van der Waals surface area contributed by atoms with Crippen LogP contribution in [-0.2, 0) is 24.0 Å². The second kappa shape index (κ2) is 13.2. The van der Waals surface area contributed by atoms with Crippen molar-refractivity contribution in [2.24, 2.45) is 0 Å². The molecule has 0 bridgehead atoms. The molecule has 0 radical (unpaired) electrons. The molecule has 6 heteroatoms. The molecule has 190 valence electrons. The van der Waals surface area contributed by atoms with Gasteiger partial charge in [0, 0.05) is 23.6 Å². The number of hydrogen-bond acceptors (Lipinski definition) is 2. The highest BCUT2D eigenvalue weighted by atomic mass is 35.5. The van der Waals surface area contributed by atoms with Gasteiger partial charge in [0.25, 0.3) is 0 Å². The first-order valence-corrected chi connectivity index (χ1v) is 14.5. The molecule has 0 saturated heterocycles. The standard InChI is InChI=1S/C30H35ClNO3P/c1-4-26-18-24(12-14-29(26)21-32-15-6-16-36(33,34)35)11-13-28(27-7-5-8-30(31)20-27)19-25-10-9-22(2)23(3)17-25/h5,7-12,14,17-18,20,32H,4,6,15-16,19,21H2,1-3H3,(H2,33,34,35). The van der Waals surface area contributed by atoms with Crippen LogP contribution in [0.1, 0.15) is 52.3 Å². The van der Waals surface area contributed by atoms with Crippen LogP contribution in [0.2, 0.25) is 5.02 Å². The van der Waals surface area contributed by atoms with Crippen molar-refractivity contribution in [3.63, 3.8) is 0 Å². The van der Waals surface area contributed by atoms with Crippen LogP contribution in [0.4, 0.5) is 0 Å². The summed E-state index contributed by atoms with van der Waals surface area (Å²) in [5, 5.41) is 4.00. The zero-order chi connectivity index (χ0) is 26.1. The monoisotopic (exact) mass is 523 g/mol. The van der Waals surface area contributed by atoms with Crippen molar-refractivity contribution in [2.45, 2.75) is 46.6 Å². The SMILES string of the molecule is CCc1cc(C=C=C(Cc2ccc(C)c(C)c2)c2cccc(Cl)c2)ccc1CNCCCP(=O)(O)O. The largest absolute Gasteiger partial charge is 0.325 e. The molecule has 0 amide bonds. The minimum Gasteiger partial charge on any atom is -0.324 e. The van der Waals surface area contributed by atoms with E-state index < -0.39 is 7.60 Å². The zero-order valence-electron chi connectivity index (χ0n) is 21.2. The van der Waals surface area contributed by atoms with Gasteiger partial charge >= 0.3 is 7.60 Å². The summed E-state index contributed by atoms with van der Waals surface area (Å²) in [4.78, 5) is 18.0. The molecule has 4 nitrogen and oxygen atoms in total. The number of rotatable bonds is 11. The number of aryl methyl sites for hydroxylation is 3. The van der Waals surface area contributed by atoms with E-state index in [1.165, 1.54) is 27.8 Å². The van der Waals surface area contributed by atoms with Crippen LogP contribution in [-0.4, -0.2) is 22.5 Å². The van der Waals surface area contributed by atoms with Crippen LogP contribution >= 0.6 is 19.2 Å². The van der Waals surface area contributed by atoms with Gasteiger partial charge in [-0.15, -0.1) is 5.73 Å². The summed E-state index contributed by atoms with van der Waals surface area (Å²) in [6, 6.07) is 20.9. The van der Waals surface area contributed by atoms with Crippen LogP contribution in [0, 0.1) is 13.8 Å². The third kappa shape index (κ3) is 8.91. The topological polar surface area (TPSA) is 69.6 Å². The normalized spacial score (nSPS) is 11.3. The van der Waals surface area contributed by atoms with E-state index in [9.17, 15) is 4.57 Å². The van der Waals surface area contributed by atoms with E-state index in [1.54, 1.807) is 0 Å². The lowest BCUT2D eigenvalue weighted by Crippen LogP contribution is -2.16. The Labute approximate surface area is 219 Å². The number of nitrogens with one attached hydrogen (secondary N) is 1. The quantitative estimate of drug-likeness (QED) is 0.142. The Morgan fingerprint density at radius 2 is 1.83 bits per heavy atom. The highest BCUT2D eigenvalue weighted by Crippen LogP contribution is 2.34. The summed E-state index contributed by atoms with van der Waals surface area (Å²) in [5.74, 6) is 0.